The van der Waals surface area contributed by atoms with Crippen molar-refractivity contribution in [3.05, 3.63) is 41.1 Å². The second-order valence-corrected chi connectivity index (χ2v) is 5.40. The molecule has 1 aliphatic rings. The standard InChI is InChI=1S/C16H19N5/c1-12-14(11-17)16(18)21(19-12)10-9-20-8-4-6-13-5-2-3-7-15(13)20/h2-3,5,7H,4,6,8-10,18H2,1H3. The summed E-state index contributed by atoms with van der Waals surface area (Å²) in [6.07, 6.45) is 2.32. The number of nitrogen functional groups attached to an aromatic ring is 1. The quantitative estimate of drug-likeness (QED) is 0.935. The highest BCUT2D eigenvalue weighted by molar-refractivity contribution is 5.55. The third kappa shape index (κ3) is 2.45. The molecular formula is C16H19N5. The summed E-state index contributed by atoms with van der Waals surface area (Å²) in [5, 5.41) is 13.4. The molecule has 0 aliphatic carbocycles. The van der Waals surface area contributed by atoms with Crippen LogP contribution in [0.1, 0.15) is 23.2 Å². The smallest absolute Gasteiger partial charge is 0.140 e. The summed E-state index contributed by atoms with van der Waals surface area (Å²) in [4.78, 5) is 2.38. The lowest BCUT2D eigenvalue weighted by atomic mass is 10.0. The largest absolute Gasteiger partial charge is 0.383 e. The van der Waals surface area contributed by atoms with Crippen LogP contribution in [0.15, 0.2) is 24.3 Å². The Labute approximate surface area is 124 Å². The fraction of sp³-hybridized carbons (Fsp3) is 0.375. The van der Waals surface area contributed by atoms with Crippen molar-refractivity contribution in [1.29, 1.82) is 5.26 Å². The first kappa shape index (κ1) is 13.5. The maximum absolute atomic E-state index is 9.07. The molecule has 2 aromatic rings. The molecule has 0 fully saturated rings. The maximum Gasteiger partial charge on any atom is 0.140 e. The van der Waals surface area contributed by atoms with Crippen LogP contribution in [0.4, 0.5) is 11.5 Å². The molecule has 0 unspecified atom stereocenters. The number of fused-ring (bicyclic) bond motifs is 1. The zero-order valence-electron chi connectivity index (χ0n) is 12.2. The van der Waals surface area contributed by atoms with Gasteiger partial charge < -0.3 is 10.6 Å². The van der Waals surface area contributed by atoms with Gasteiger partial charge in [0.1, 0.15) is 17.5 Å². The van der Waals surface area contributed by atoms with E-state index in [4.69, 9.17) is 11.0 Å². The Hall–Kier alpha value is -2.48. The molecule has 1 aromatic carbocycles. The van der Waals surface area contributed by atoms with Crippen molar-refractivity contribution in [2.24, 2.45) is 0 Å². The van der Waals surface area contributed by atoms with Crippen molar-refractivity contribution >= 4 is 11.5 Å². The summed E-state index contributed by atoms with van der Waals surface area (Å²) in [6.45, 7) is 4.43. The van der Waals surface area contributed by atoms with Crippen molar-refractivity contribution in [2.45, 2.75) is 26.3 Å². The first-order valence-electron chi connectivity index (χ1n) is 7.26. The third-order valence-corrected chi connectivity index (χ3v) is 4.07. The lowest BCUT2D eigenvalue weighted by Crippen LogP contribution is -2.32. The number of rotatable bonds is 3. The molecule has 0 amide bonds. The first-order valence-corrected chi connectivity index (χ1v) is 7.26. The van der Waals surface area contributed by atoms with E-state index < -0.39 is 0 Å². The van der Waals surface area contributed by atoms with Crippen LogP contribution in [0.25, 0.3) is 0 Å². The number of benzene rings is 1. The van der Waals surface area contributed by atoms with E-state index in [1.54, 1.807) is 4.68 Å². The molecular weight excluding hydrogens is 262 g/mol. The molecule has 1 aromatic heterocycles. The van der Waals surface area contributed by atoms with Gasteiger partial charge in [-0.15, -0.1) is 0 Å². The molecule has 2 N–H and O–H groups in total. The molecule has 0 saturated carbocycles. The zero-order valence-corrected chi connectivity index (χ0v) is 12.2. The van der Waals surface area contributed by atoms with Gasteiger partial charge in [-0.05, 0) is 31.4 Å². The Kier molecular flexibility index (Phi) is 3.53. The number of aromatic nitrogens is 2. The molecule has 0 spiro atoms. The lowest BCUT2D eigenvalue weighted by Gasteiger charge is -2.31. The van der Waals surface area contributed by atoms with E-state index in [-0.39, 0.29) is 0 Å². The van der Waals surface area contributed by atoms with E-state index in [0.29, 0.717) is 23.6 Å². The van der Waals surface area contributed by atoms with E-state index in [2.05, 4.69) is 40.3 Å². The van der Waals surface area contributed by atoms with Gasteiger partial charge in [0.2, 0.25) is 0 Å². The minimum Gasteiger partial charge on any atom is -0.383 e. The SMILES string of the molecule is Cc1nn(CCN2CCCc3ccccc32)c(N)c1C#N. The number of para-hydroxylation sites is 1. The second kappa shape index (κ2) is 5.49. The second-order valence-electron chi connectivity index (χ2n) is 5.40. The first-order chi connectivity index (χ1) is 10.2. The highest BCUT2D eigenvalue weighted by Crippen LogP contribution is 2.26. The molecule has 5 heteroatoms. The highest BCUT2D eigenvalue weighted by atomic mass is 15.3. The Morgan fingerprint density at radius 1 is 1.33 bits per heavy atom. The summed E-state index contributed by atoms with van der Waals surface area (Å²) in [5.74, 6) is 0.472. The molecule has 3 rings (SSSR count). The van der Waals surface area contributed by atoms with Crippen LogP contribution in [0.3, 0.4) is 0 Å². The van der Waals surface area contributed by atoms with Gasteiger partial charge >= 0.3 is 0 Å². The molecule has 5 nitrogen and oxygen atoms in total. The minimum absolute atomic E-state index is 0.472. The topological polar surface area (TPSA) is 70.9 Å². The van der Waals surface area contributed by atoms with Gasteiger partial charge in [0.25, 0.3) is 0 Å². The number of hydrogen-bond donors (Lipinski definition) is 1. The summed E-state index contributed by atoms with van der Waals surface area (Å²) in [7, 11) is 0. The lowest BCUT2D eigenvalue weighted by molar-refractivity contribution is 0.582. The van der Waals surface area contributed by atoms with Gasteiger partial charge in [-0.2, -0.15) is 10.4 Å². The van der Waals surface area contributed by atoms with Gasteiger partial charge in [-0.25, -0.2) is 4.68 Å². The van der Waals surface area contributed by atoms with Crippen LogP contribution in [-0.2, 0) is 13.0 Å². The van der Waals surface area contributed by atoms with Crippen molar-refractivity contribution < 1.29 is 0 Å². The number of hydrogen-bond acceptors (Lipinski definition) is 4. The number of anilines is 2. The predicted molar refractivity (Wildman–Crippen MR) is 83.1 cm³/mol. The van der Waals surface area contributed by atoms with Gasteiger partial charge in [0.15, 0.2) is 0 Å². The van der Waals surface area contributed by atoms with Gasteiger partial charge in [-0.1, -0.05) is 18.2 Å². The van der Waals surface area contributed by atoms with Gasteiger partial charge in [-0.3, -0.25) is 0 Å². The number of nitrogens with zero attached hydrogens (tertiary/aromatic N) is 4. The van der Waals surface area contributed by atoms with Gasteiger partial charge in [0.05, 0.1) is 12.2 Å². The van der Waals surface area contributed by atoms with E-state index in [9.17, 15) is 0 Å². The molecule has 1 aliphatic heterocycles. The molecule has 21 heavy (non-hydrogen) atoms. The van der Waals surface area contributed by atoms with E-state index in [1.165, 1.54) is 17.7 Å². The Balaban J connectivity index is 1.76. The number of nitrogens with two attached hydrogens (primary N) is 1. The number of nitriles is 1. The van der Waals surface area contributed by atoms with Crippen molar-refractivity contribution in [3.63, 3.8) is 0 Å². The molecule has 0 radical (unpaired) electrons. The molecule has 0 bridgehead atoms. The Bertz CT molecular complexity index is 695. The van der Waals surface area contributed by atoms with Crippen molar-refractivity contribution in [3.8, 4) is 6.07 Å². The van der Waals surface area contributed by atoms with E-state index >= 15 is 0 Å². The van der Waals surface area contributed by atoms with Crippen LogP contribution in [0, 0.1) is 18.3 Å². The molecule has 0 saturated heterocycles. The normalized spacial score (nSPS) is 13.8. The summed E-state index contributed by atoms with van der Waals surface area (Å²) in [6, 6.07) is 10.7. The van der Waals surface area contributed by atoms with E-state index in [1.807, 2.05) is 6.92 Å². The van der Waals surface area contributed by atoms with Crippen LogP contribution in [0.5, 0.6) is 0 Å². The summed E-state index contributed by atoms with van der Waals surface area (Å²) < 4.78 is 1.74. The molecule has 2 heterocycles. The van der Waals surface area contributed by atoms with Crippen LogP contribution in [0.2, 0.25) is 0 Å². The average Bonchev–Trinajstić information content (AvgIpc) is 2.78. The average molecular weight is 281 g/mol. The minimum atomic E-state index is 0.472. The van der Waals surface area contributed by atoms with Crippen LogP contribution >= 0.6 is 0 Å². The predicted octanol–water partition coefficient (Wildman–Crippen LogP) is 2.10. The molecule has 0 atom stereocenters. The maximum atomic E-state index is 9.07. The van der Waals surface area contributed by atoms with E-state index in [0.717, 1.165) is 19.5 Å². The molecule has 108 valence electrons. The Morgan fingerprint density at radius 2 is 2.14 bits per heavy atom. The van der Waals surface area contributed by atoms with Crippen LogP contribution < -0.4 is 10.6 Å². The summed E-state index contributed by atoms with van der Waals surface area (Å²) >= 11 is 0. The third-order valence-electron chi connectivity index (χ3n) is 4.07. The fourth-order valence-corrected chi connectivity index (χ4v) is 2.97. The van der Waals surface area contributed by atoms with Crippen LogP contribution in [-0.4, -0.2) is 22.9 Å². The zero-order chi connectivity index (χ0) is 14.8. The van der Waals surface area contributed by atoms with Crippen molar-refractivity contribution in [1.82, 2.24) is 9.78 Å². The monoisotopic (exact) mass is 281 g/mol. The van der Waals surface area contributed by atoms with Gasteiger partial charge in [0, 0.05) is 18.8 Å². The fourth-order valence-electron chi connectivity index (χ4n) is 2.97. The Morgan fingerprint density at radius 3 is 2.90 bits per heavy atom. The van der Waals surface area contributed by atoms with Crippen molar-refractivity contribution in [2.75, 3.05) is 23.7 Å². The highest BCUT2D eigenvalue weighted by Gasteiger charge is 2.17. The number of aryl methyl sites for hydroxylation is 2. The summed E-state index contributed by atoms with van der Waals surface area (Å²) in [5.41, 5.74) is 9.90.